The number of rotatable bonds is 9. The highest BCUT2D eigenvalue weighted by atomic mass is 16.5. The number of nitrogens with two attached hydrogens (primary N) is 2. The van der Waals surface area contributed by atoms with Crippen LogP contribution >= 0.6 is 0 Å². The predicted molar refractivity (Wildman–Crippen MR) is 128 cm³/mol. The molecule has 0 unspecified atom stereocenters. The molecule has 0 radical (unpaired) electrons. The molecule has 0 fully saturated rings. The summed E-state index contributed by atoms with van der Waals surface area (Å²) in [5.41, 5.74) is 17.2. The Hall–Kier alpha value is -3.60. The molecule has 0 aliphatic rings. The smallest absolute Gasteiger partial charge is 0.120 e. The molecule has 0 aliphatic heterocycles. The van der Waals surface area contributed by atoms with Crippen molar-refractivity contribution in [3.63, 3.8) is 0 Å². The van der Waals surface area contributed by atoms with Gasteiger partial charge in [0.1, 0.15) is 24.7 Å². The first kappa shape index (κ1) is 21.6. The van der Waals surface area contributed by atoms with Crippen LogP contribution in [0.1, 0.15) is 34.3 Å². The average Bonchev–Trinajstić information content (AvgIpc) is 2.87. The van der Waals surface area contributed by atoms with E-state index in [0.717, 1.165) is 33.8 Å². The summed E-state index contributed by atoms with van der Waals surface area (Å²) in [6.07, 6.45) is 0. The van der Waals surface area contributed by atoms with Crippen LogP contribution in [-0.4, -0.2) is 0 Å². The van der Waals surface area contributed by atoms with Gasteiger partial charge in [-0.2, -0.15) is 0 Å². The minimum absolute atomic E-state index is 0.375. The lowest BCUT2D eigenvalue weighted by atomic mass is 9.94. The summed E-state index contributed by atoms with van der Waals surface area (Å²) in [7, 11) is 0. The van der Waals surface area contributed by atoms with Crippen LogP contribution in [0, 0.1) is 0 Å². The van der Waals surface area contributed by atoms with E-state index < -0.39 is 0 Å². The maximum Gasteiger partial charge on any atom is 0.120 e. The zero-order chi connectivity index (χ0) is 22.2. The lowest BCUT2D eigenvalue weighted by Gasteiger charge is -2.22. The molecule has 0 heterocycles. The second-order valence-corrected chi connectivity index (χ2v) is 7.75. The van der Waals surface area contributed by atoms with Crippen LogP contribution in [-0.2, 0) is 13.2 Å². The quantitative estimate of drug-likeness (QED) is 0.370. The summed E-state index contributed by atoms with van der Waals surface area (Å²) in [5, 5.41) is 0. The van der Waals surface area contributed by atoms with Crippen LogP contribution < -0.4 is 20.9 Å². The van der Waals surface area contributed by atoms with Crippen LogP contribution in [0.25, 0.3) is 0 Å². The van der Waals surface area contributed by atoms with Gasteiger partial charge in [-0.05, 0) is 46.5 Å². The second-order valence-electron chi connectivity index (χ2n) is 7.75. The van der Waals surface area contributed by atoms with Gasteiger partial charge in [-0.25, -0.2) is 0 Å². The Bertz CT molecular complexity index is 1030. The minimum atomic E-state index is -0.375. The molecule has 32 heavy (non-hydrogen) atoms. The van der Waals surface area contributed by atoms with Gasteiger partial charge < -0.3 is 20.9 Å². The average molecular weight is 425 g/mol. The zero-order valence-corrected chi connectivity index (χ0v) is 17.9. The molecule has 2 atom stereocenters. The van der Waals surface area contributed by atoms with Crippen molar-refractivity contribution in [1.82, 2.24) is 0 Å². The fourth-order valence-electron chi connectivity index (χ4n) is 3.52. The van der Waals surface area contributed by atoms with E-state index in [1.807, 2.05) is 109 Å². The van der Waals surface area contributed by atoms with Gasteiger partial charge in [0.2, 0.25) is 0 Å². The molecule has 0 bridgehead atoms. The van der Waals surface area contributed by atoms with E-state index in [1.54, 1.807) is 0 Å². The van der Waals surface area contributed by atoms with Crippen molar-refractivity contribution in [3.8, 4) is 11.5 Å². The Kier molecular flexibility index (Phi) is 7.18. The van der Waals surface area contributed by atoms with Gasteiger partial charge in [0.05, 0.1) is 0 Å². The highest BCUT2D eigenvalue weighted by Gasteiger charge is 2.18. The molecule has 162 valence electrons. The van der Waals surface area contributed by atoms with Gasteiger partial charge >= 0.3 is 0 Å². The first-order valence-corrected chi connectivity index (χ1v) is 10.7. The topological polar surface area (TPSA) is 70.5 Å². The Morgan fingerprint density at radius 2 is 0.906 bits per heavy atom. The number of ether oxygens (including phenoxy) is 2. The van der Waals surface area contributed by atoms with E-state index in [1.165, 1.54) is 0 Å². The van der Waals surface area contributed by atoms with Gasteiger partial charge in [0.25, 0.3) is 0 Å². The Balaban J connectivity index is 1.41. The van der Waals surface area contributed by atoms with E-state index in [-0.39, 0.29) is 12.1 Å². The van der Waals surface area contributed by atoms with Crippen molar-refractivity contribution in [2.45, 2.75) is 25.3 Å². The molecule has 4 N–H and O–H groups in total. The fraction of sp³-hybridized carbons (Fsp3) is 0.143. The van der Waals surface area contributed by atoms with Gasteiger partial charge in [0.15, 0.2) is 0 Å². The molecule has 0 saturated carbocycles. The van der Waals surface area contributed by atoms with Crippen LogP contribution in [0.2, 0.25) is 0 Å². The second kappa shape index (κ2) is 10.6. The minimum Gasteiger partial charge on any atom is -0.489 e. The summed E-state index contributed by atoms with van der Waals surface area (Å²) in [6, 6.07) is 35.0. The van der Waals surface area contributed by atoms with Crippen molar-refractivity contribution in [2.24, 2.45) is 11.5 Å². The van der Waals surface area contributed by atoms with Gasteiger partial charge in [-0.3, -0.25) is 0 Å². The predicted octanol–water partition coefficient (Wildman–Crippen LogP) is 5.54. The molecule has 4 rings (SSSR count). The molecule has 4 aromatic rings. The summed E-state index contributed by atoms with van der Waals surface area (Å²) in [5.74, 6) is 1.54. The highest BCUT2D eigenvalue weighted by molar-refractivity contribution is 5.36. The molecule has 0 aromatic heterocycles. The third-order valence-electron chi connectivity index (χ3n) is 5.37. The van der Waals surface area contributed by atoms with Crippen LogP contribution in [0.4, 0.5) is 0 Å². The molecule has 0 saturated heterocycles. The monoisotopic (exact) mass is 424 g/mol. The van der Waals surface area contributed by atoms with Crippen molar-refractivity contribution in [3.05, 3.63) is 131 Å². The van der Waals surface area contributed by atoms with Crippen molar-refractivity contribution in [2.75, 3.05) is 0 Å². The summed E-state index contributed by atoms with van der Waals surface area (Å²) in [6.45, 7) is 1.01. The van der Waals surface area contributed by atoms with Crippen LogP contribution in [0.3, 0.4) is 0 Å². The Labute approximate surface area is 189 Å². The lowest BCUT2D eigenvalue weighted by Crippen LogP contribution is -2.26. The fourth-order valence-corrected chi connectivity index (χ4v) is 3.52. The molecule has 4 heteroatoms. The molecular formula is C28H28N2O2. The summed E-state index contributed by atoms with van der Waals surface area (Å²) >= 11 is 0. The summed E-state index contributed by atoms with van der Waals surface area (Å²) < 4.78 is 11.9. The SMILES string of the molecule is N[C@H](c1cccc(OCc2ccccc2)c1)[C@H](N)c1cccc(OCc2ccccc2)c1. The standard InChI is InChI=1S/C28H28N2O2/c29-27(23-13-7-15-25(17-23)31-19-21-9-3-1-4-10-21)28(30)24-14-8-16-26(18-24)32-20-22-11-5-2-6-12-22/h1-18,27-28H,19-20,29-30H2/t27-,28-/m1/s1. The maximum atomic E-state index is 6.54. The van der Waals surface area contributed by atoms with Crippen molar-refractivity contribution < 1.29 is 9.47 Å². The number of benzene rings is 4. The van der Waals surface area contributed by atoms with E-state index in [0.29, 0.717) is 13.2 Å². The third-order valence-corrected chi connectivity index (χ3v) is 5.37. The number of hydrogen-bond donors (Lipinski definition) is 2. The van der Waals surface area contributed by atoms with E-state index in [4.69, 9.17) is 20.9 Å². The zero-order valence-electron chi connectivity index (χ0n) is 17.9. The van der Waals surface area contributed by atoms with Crippen molar-refractivity contribution in [1.29, 1.82) is 0 Å². The van der Waals surface area contributed by atoms with Gasteiger partial charge in [0, 0.05) is 12.1 Å². The molecule has 4 nitrogen and oxygen atoms in total. The Morgan fingerprint density at radius 3 is 1.31 bits per heavy atom. The third kappa shape index (κ3) is 5.76. The molecular weight excluding hydrogens is 396 g/mol. The maximum absolute atomic E-state index is 6.54. The van der Waals surface area contributed by atoms with Gasteiger partial charge in [-0.15, -0.1) is 0 Å². The van der Waals surface area contributed by atoms with Gasteiger partial charge in [-0.1, -0.05) is 84.9 Å². The number of hydrogen-bond acceptors (Lipinski definition) is 4. The highest BCUT2D eigenvalue weighted by Crippen LogP contribution is 2.29. The molecule has 0 amide bonds. The normalized spacial score (nSPS) is 12.7. The first-order valence-electron chi connectivity index (χ1n) is 10.7. The van der Waals surface area contributed by atoms with E-state index in [9.17, 15) is 0 Å². The largest absolute Gasteiger partial charge is 0.489 e. The van der Waals surface area contributed by atoms with E-state index in [2.05, 4.69) is 0 Å². The van der Waals surface area contributed by atoms with Crippen LogP contribution in [0.5, 0.6) is 11.5 Å². The Morgan fingerprint density at radius 1 is 0.500 bits per heavy atom. The summed E-state index contributed by atoms with van der Waals surface area (Å²) in [4.78, 5) is 0. The van der Waals surface area contributed by atoms with Crippen LogP contribution in [0.15, 0.2) is 109 Å². The first-order chi connectivity index (χ1) is 15.7. The van der Waals surface area contributed by atoms with Crippen molar-refractivity contribution >= 4 is 0 Å². The lowest BCUT2D eigenvalue weighted by molar-refractivity contribution is 0.305. The molecule has 0 aliphatic carbocycles. The molecule has 0 spiro atoms. The molecule has 4 aromatic carbocycles. The van der Waals surface area contributed by atoms with E-state index >= 15 is 0 Å².